The lowest BCUT2D eigenvalue weighted by atomic mass is 9.79. The summed E-state index contributed by atoms with van der Waals surface area (Å²) < 4.78 is 13.2. The Balaban J connectivity index is 1.94. The minimum atomic E-state index is -0.673. The average Bonchev–Trinajstić information content (AvgIpc) is 2.30. The number of halogens is 1. The first kappa shape index (κ1) is 13.1. The molecule has 2 rings (SSSR count). The summed E-state index contributed by atoms with van der Waals surface area (Å²) >= 11 is 0. The number of hydrogen-bond acceptors (Lipinski definition) is 3. The molecule has 1 aromatic rings. The van der Waals surface area contributed by atoms with E-state index in [2.05, 4.69) is 12.2 Å². The van der Waals surface area contributed by atoms with Gasteiger partial charge >= 0.3 is 0 Å². The Kier molecular flexibility index (Phi) is 3.76. The van der Waals surface area contributed by atoms with Crippen LogP contribution in [0, 0.1) is 11.7 Å². The lowest BCUT2D eigenvalue weighted by Crippen LogP contribution is -2.40. The van der Waals surface area contributed by atoms with E-state index in [0.29, 0.717) is 23.8 Å². The van der Waals surface area contributed by atoms with E-state index in [4.69, 9.17) is 5.73 Å². The number of benzene rings is 1. The molecule has 0 spiro atoms. The number of nitrogens with two attached hydrogens (primary N) is 1. The number of nitrogens with one attached hydrogen (secondary N) is 1. The van der Waals surface area contributed by atoms with E-state index in [1.165, 1.54) is 12.1 Å². The van der Waals surface area contributed by atoms with E-state index >= 15 is 0 Å². The van der Waals surface area contributed by atoms with Gasteiger partial charge in [0.15, 0.2) is 0 Å². The topological polar surface area (TPSA) is 58.3 Å². The Hall–Kier alpha value is -1.29. The molecular formula is C14H21FN2O. The summed E-state index contributed by atoms with van der Waals surface area (Å²) in [5.74, 6) is 0.330. The highest BCUT2D eigenvalue weighted by Crippen LogP contribution is 2.32. The van der Waals surface area contributed by atoms with Gasteiger partial charge in [-0.2, -0.15) is 0 Å². The molecule has 3 nitrogen and oxygen atoms in total. The van der Waals surface area contributed by atoms with Gasteiger partial charge in [-0.05, 0) is 49.8 Å². The van der Waals surface area contributed by atoms with Crippen molar-refractivity contribution in [2.24, 2.45) is 5.92 Å². The zero-order chi connectivity index (χ0) is 13.2. The molecule has 1 saturated carbocycles. The van der Waals surface area contributed by atoms with E-state index in [1.54, 1.807) is 6.07 Å². The van der Waals surface area contributed by atoms with Crippen LogP contribution in [-0.2, 0) is 0 Å². The van der Waals surface area contributed by atoms with E-state index in [-0.39, 0.29) is 5.82 Å². The second kappa shape index (κ2) is 5.14. The molecular weight excluding hydrogens is 231 g/mol. The molecule has 0 radical (unpaired) electrons. The average molecular weight is 252 g/mol. The van der Waals surface area contributed by atoms with Crippen LogP contribution in [0.4, 0.5) is 15.8 Å². The van der Waals surface area contributed by atoms with Crippen LogP contribution in [0.15, 0.2) is 18.2 Å². The molecule has 18 heavy (non-hydrogen) atoms. The highest BCUT2D eigenvalue weighted by molar-refractivity contribution is 5.54. The lowest BCUT2D eigenvalue weighted by molar-refractivity contribution is 0.00501. The Morgan fingerprint density at radius 3 is 2.67 bits per heavy atom. The van der Waals surface area contributed by atoms with Crippen molar-refractivity contribution in [3.8, 4) is 0 Å². The van der Waals surface area contributed by atoms with E-state index in [0.717, 1.165) is 25.7 Å². The van der Waals surface area contributed by atoms with Crippen molar-refractivity contribution in [2.75, 3.05) is 17.6 Å². The highest BCUT2D eigenvalue weighted by Gasteiger charge is 2.31. The molecule has 0 aromatic heterocycles. The van der Waals surface area contributed by atoms with Crippen LogP contribution in [0.5, 0.6) is 0 Å². The van der Waals surface area contributed by atoms with Crippen molar-refractivity contribution < 1.29 is 9.50 Å². The largest absolute Gasteiger partial charge is 0.399 e. The number of hydrogen-bond donors (Lipinski definition) is 3. The molecule has 1 aliphatic rings. The zero-order valence-corrected chi connectivity index (χ0v) is 10.7. The molecule has 4 N–H and O–H groups in total. The number of anilines is 2. The van der Waals surface area contributed by atoms with Gasteiger partial charge in [-0.15, -0.1) is 0 Å². The third-order valence-electron chi connectivity index (χ3n) is 3.75. The van der Waals surface area contributed by atoms with Crippen LogP contribution in [0.3, 0.4) is 0 Å². The fraction of sp³-hybridized carbons (Fsp3) is 0.571. The van der Waals surface area contributed by atoms with Crippen LogP contribution in [-0.4, -0.2) is 17.3 Å². The summed E-state index contributed by atoms with van der Waals surface area (Å²) in [7, 11) is 0. The van der Waals surface area contributed by atoms with E-state index < -0.39 is 5.60 Å². The maximum absolute atomic E-state index is 13.2. The molecule has 0 heterocycles. The van der Waals surface area contributed by atoms with Crippen molar-refractivity contribution in [3.05, 3.63) is 24.0 Å². The molecule has 0 bridgehead atoms. The summed E-state index contributed by atoms with van der Waals surface area (Å²) in [6, 6.07) is 4.35. The maximum atomic E-state index is 13.2. The summed E-state index contributed by atoms with van der Waals surface area (Å²) in [5.41, 5.74) is 5.92. The second-order valence-electron chi connectivity index (χ2n) is 5.53. The van der Waals surface area contributed by atoms with Gasteiger partial charge in [-0.3, -0.25) is 0 Å². The maximum Gasteiger partial charge on any atom is 0.127 e. The first-order valence-electron chi connectivity index (χ1n) is 6.49. The smallest absolute Gasteiger partial charge is 0.127 e. The number of aliphatic hydroxyl groups is 1. The third kappa shape index (κ3) is 3.35. The molecule has 0 amide bonds. The predicted octanol–water partition coefficient (Wildman–Crippen LogP) is 2.76. The Morgan fingerprint density at radius 1 is 1.39 bits per heavy atom. The van der Waals surface area contributed by atoms with Gasteiger partial charge in [-0.25, -0.2) is 4.39 Å². The SMILES string of the molecule is CC1CCC(O)(CNc2cc(N)cc(F)c2)CC1. The van der Waals surface area contributed by atoms with Gasteiger partial charge in [0, 0.05) is 17.9 Å². The van der Waals surface area contributed by atoms with Gasteiger partial charge in [0.05, 0.1) is 5.60 Å². The van der Waals surface area contributed by atoms with Crippen LogP contribution < -0.4 is 11.1 Å². The third-order valence-corrected chi connectivity index (χ3v) is 3.75. The fourth-order valence-corrected chi connectivity index (χ4v) is 2.46. The van der Waals surface area contributed by atoms with Crippen LogP contribution >= 0.6 is 0 Å². The van der Waals surface area contributed by atoms with Crippen molar-refractivity contribution >= 4 is 11.4 Å². The van der Waals surface area contributed by atoms with E-state index in [1.807, 2.05) is 0 Å². The van der Waals surface area contributed by atoms with Gasteiger partial charge < -0.3 is 16.2 Å². The van der Waals surface area contributed by atoms with Gasteiger partial charge in [-0.1, -0.05) is 6.92 Å². The van der Waals surface area contributed by atoms with Crippen molar-refractivity contribution in [1.29, 1.82) is 0 Å². The van der Waals surface area contributed by atoms with Crippen LogP contribution in [0.1, 0.15) is 32.6 Å². The van der Waals surface area contributed by atoms with Gasteiger partial charge in [0.1, 0.15) is 5.82 Å². The fourth-order valence-electron chi connectivity index (χ4n) is 2.46. The minimum Gasteiger partial charge on any atom is -0.399 e. The summed E-state index contributed by atoms with van der Waals surface area (Å²) in [5, 5.41) is 13.5. The van der Waals surface area contributed by atoms with Crippen molar-refractivity contribution in [1.82, 2.24) is 0 Å². The van der Waals surface area contributed by atoms with Crippen molar-refractivity contribution in [3.63, 3.8) is 0 Å². The van der Waals surface area contributed by atoms with Gasteiger partial charge in [0.2, 0.25) is 0 Å². The first-order valence-corrected chi connectivity index (χ1v) is 6.49. The summed E-state index contributed by atoms with van der Waals surface area (Å²) in [6.07, 6.45) is 3.69. The monoisotopic (exact) mass is 252 g/mol. The normalized spacial score (nSPS) is 28.1. The molecule has 1 aliphatic carbocycles. The van der Waals surface area contributed by atoms with Gasteiger partial charge in [0.25, 0.3) is 0 Å². The number of nitrogen functional groups attached to an aromatic ring is 1. The van der Waals surface area contributed by atoms with Crippen LogP contribution in [0.25, 0.3) is 0 Å². The molecule has 0 unspecified atom stereocenters. The summed E-state index contributed by atoms with van der Waals surface area (Å²) in [4.78, 5) is 0. The molecule has 0 saturated heterocycles. The summed E-state index contributed by atoms with van der Waals surface area (Å²) in [6.45, 7) is 2.66. The first-order chi connectivity index (χ1) is 8.47. The quantitative estimate of drug-likeness (QED) is 0.725. The predicted molar refractivity (Wildman–Crippen MR) is 71.9 cm³/mol. The minimum absolute atomic E-state index is 0.359. The number of rotatable bonds is 3. The Labute approximate surface area is 107 Å². The highest BCUT2D eigenvalue weighted by atomic mass is 19.1. The molecule has 1 aromatic carbocycles. The Bertz CT molecular complexity index is 394. The van der Waals surface area contributed by atoms with Crippen molar-refractivity contribution in [2.45, 2.75) is 38.2 Å². The molecule has 1 fully saturated rings. The molecule has 0 aliphatic heterocycles. The Morgan fingerprint density at radius 2 is 2.06 bits per heavy atom. The zero-order valence-electron chi connectivity index (χ0n) is 10.7. The molecule has 4 heteroatoms. The molecule has 0 atom stereocenters. The lowest BCUT2D eigenvalue weighted by Gasteiger charge is -2.35. The second-order valence-corrected chi connectivity index (χ2v) is 5.53. The molecule has 100 valence electrons. The van der Waals surface area contributed by atoms with E-state index in [9.17, 15) is 9.50 Å². The van der Waals surface area contributed by atoms with Crippen LogP contribution in [0.2, 0.25) is 0 Å². The standard InChI is InChI=1S/C14H21FN2O/c1-10-2-4-14(18,5-3-10)9-17-13-7-11(15)6-12(16)8-13/h6-8,10,17-18H,2-5,9,16H2,1H3.